The molecule has 2 saturated heterocycles. The van der Waals surface area contributed by atoms with Gasteiger partial charge in [-0.2, -0.15) is 0 Å². The number of hydrogen-bond donors (Lipinski definition) is 0. The zero-order chi connectivity index (χ0) is 28.6. The number of ether oxygens (including phenoxy) is 2. The number of imide groups is 1. The average Bonchev–Trinajstić information content (AvgIpc) is 3.20. The Morgan fingerprint density at radius 1 is 1.12 bits per heavy atom. The molecule has 0 radical (unpaired) electrons. The largest absolute Gasteiger partial charge is 0.490 e. The fourth-order valence-electron chi connectivity index (χ4n) is 4.54. The molecule has 210 valence electrons. The van der Waals surface area contributed by atoms with Gasteiger partial charge in [-0.25, -0.2) is 0 Å². The van der Waals surface area contributed by atoms with Crippen molar-refractivity contribution < 1.29 is 28.8 Å². The molecule has 0 N–H and O–H groups in total. The molecule has 2 aliphatic rings. The molecule has 0 atom stereocenters. The first-order chi connectivity index (χ1) is 19.3. The van der Waals surface area contributed by atoms with Crippen molar-refractivity contribution in [2.24, 2.45) is 0 Å². The van der Waals surface area contributed by atoms with Crippen LogP contribution in [0, 0.1) is 10.1 Å². The van der Waals surface area contributed by atoms with E-state index in [0.29, 0.717) is 43.2 Å². The number of nitro groups is 1. The zero-order valence-corrected chi connectivity index (χ0v) is 23.1. The van der Waals surface area contributed by atoms with Crippen LogP contribution in [0.25, 0.3) is 6.08 Å². The van der Waals surface area contributed by atoms with E-state index >= 15 is 0 Å². The molecule has 0 bridgehead atoms. The van der Waals surface area contributed by atoms with E-state index in [-0.39, 0.29) is 29.7 Å². The summed E-state index contributed by atoms with van der Waals surface area (Å²) in [7, 11) is 0. The maximum Gasteiger partial charge on any atom is 0.294 e. The van der Waals surface area contributed by atoms with Crippen molar-refractivity contribution in [2.45, 2.75) is 39.2 Å². The molecule has 0 unspecified atom stereocenters. The number of carbonyl (C=O) groups is 3. The van der Waals surface area contributed by atoms with Gasteiger partial charge in [0.1, 0.15) is 13.2 Å². The Labute approximate surface area is 236 Å². The topological polar surface area (TPSA) is 119 Å². The highest BCUT2D eigenvalue weighted by molar-refractivity contribution is 8.18. The minimum absolute atomic E-state index is 0.00395. The number of carbonyl (C=O) groups excluding carboxylic acids is 3. The van der Waals surface area contributed by atoms with Gasteiger partial charge < -0.3 is 14.4 Å². The predicted molar refractivity (Wildman–Crippen MR) is 152 cm³/mol. The summed E-state index contributed by atoms with van der Waals surface area (Å²) < 4.78 is 12.0. The van der Waals surface area contributed by atoms with Crippen molar-refractivity contribution >= 4 is 40.6 Å². The molecule has 4 rings (SSSR count). The van der Waals surface area contributed by atoms with Gasteiger partial charge in [0.2, 0.25) is 5.91 Å². The number of thioether (sulfide) groups is 1. The fraction of sp³-hybridized carbons (Fsp3) is 0.345. The molecular weight excluding hydrogens is 534 g/mol. The number of nitrogens with zero attached hydrogens (tertiary/aromatic N) is 3. The van der Waals surface area contributed by atoms with Crippen molar-refractivity contribution in [1.82, 2.24) is 9.80 Å². The van der Waals surface area contributed by atoms with Crippen LogP contribution in [0.5, 0.6) is 11.5 Å². The van der Waals surface area contributed by atoms with E-state index in [1.165, 1.54) is 12.1 Å². The Morgan fingerprint density at radius 2 is 1.85 bits per heavy atom. The van der Waals surface area contributed by atoms with Crippen LogP contribution in [0.2, 0.25) is 0 Å². The van der Waals surface area contributed by atoms with E-state index in [9.17, 15) is 24.5 Å². The molecule has 10 nitrogen and oxygen atoms in total. The van der Waals surface area contributed by atoms with Gasteiger partial charge in [0, 0.05) is 30.8 Å². The summed E-state index contributed by atoms with van der Waals surface area (Å²) in [6, 6.07) is 9.67. The normalized spacial score (nSPS) is 16.4. The number of nitro benzene ring substituents is 1. The van der Waals surface area contributed by atoms with Crippen LogP contribution in [0.4, 0.5) is 10.5 Å². The second-order valence-electron chi connectivity index (χ2n) is 9.35. The van der Waals surface area contributed by atoms with Gasteiger partial charge in [0.15, 0.2) is 11.5 Å². The Hall–Kier alpha value is -4.12. The molecule has 0 saturated carbocycles. The molecular formula is C29H31N3O7S. The minimum Gasteiger partial charge on any atom is -0.490 e. The number of allylic oxidation sites excluding steroid dienone is 1. The number of likely N-dealkylation sites (tertiary alicyclic amines) is 1. The standard InChI is InChI=1S/C29H31N3O7S/c1-3-8-22-15-21(16-24(38-4-2)27(22)39-19-20-9-11-23(12-10-20)32(36)37)17-25-28(34)31(29(35)40-25)18-26(33)30-13-6-5-7-14-30/h3,9-12,15-17H,1,4-8,13-14,18-19H2,2H3/b25-17-. The van der Waals surface area contributed by atoms with Gasteiger partial charge in [-0.15, -0.1) is 6.58 Å². The summed E-state index contributed by atoms with van der Waals surface area (Å²) in [5.74, 6) is 0.235. The Bertz CT molecular complexity index is 1330. The minimum atomic E-state index is -0.498. The van der Waals surface area contributed by atoms with Gasteiger partial charge in [0.25, 0.3) is 16.8 Å². The van der Waals surface area contributed by atoms with E-state index in [4.69, 9.17) is 9.47 Å². The van der Waals surface area contributed by atoms with Crippen molar-refractivity contribution in [2.75, 3.05) is 26.2 Å². The molecule has 2 aromatic rings. The first kappa shape index (κ1) is 28.9. The Kier molecular flexibility index (Phi) is 9.60. The van der Waals surface area contributed by atoms with Crippen molar-refractivity contribution in [3.05, 3.63) is 80.8 Å². The number of amides is 3. The van der Waals surface area contributed by atoms with Gasteiger partial charge in [-0.3, -0.25) is 29.4 Å². The monoisotopic (exact) mass is 565 g/mol. The van der Waals surface area contributed by atoms with Gasteiger partial charge in [-0.05, 0) is 85.8 Å². The molecule has 2 fully saturated rings. The van der Waals surface area contributed by atoms with Crippen LogP contribution in [0.1, 0.15) is 42.9 Å². The molecule has 11 heteroatoms. The molecule has 0 spiro atoms. The molecule has 2 heterocycles. The van der Waals surface area contributed by atoms with Crippen LogP contribution in [-0.2, 0) is 22.6 Å². The summed E-state index contributed by atoms with van der Waals surface area (Å²) in [5.41, 5.74) is 2.13. The predicted octanol–water partition coefficient (Wildman–Crippen LogP) is 5.35. The first-order valence-electron chi connectivity index (χ1n) is 13.1. The summed E-state index contributed by atoms with van der Waals surface area (Å²) >= 11 is 0.806. The lowest BCUT2D eigenvalue weighted by atomic mass is 10.0. The summed E-state index contributed by atoms with van der Waals surface area (Å²) in [5, 5.41) is 10.5. The van der Waals surface area contributed by atoms with Crippen LogP contribution in [0.3, 0.4) is 0 Å². The Morgan fingerprint density at radius 3 is 2.50 bits per heavy atom. The maximum atomic E-state index is 13.1. The highest BCUT2D eigenvalue weighted by atomic mass is 32.2. The van der Waals surface area contributed by atoms with Gasteiger partial charge in [-0.1, -0.05) is 6.08 Å². The van der Waals surface area contributed by atoms with Crippen molar-refractivity contribution in [3.8, 4) is 11.5 Å². The zero-order valence-electron chi connectivity index (χ0n) is 22.3. The van der Waals surface area contributed by atoms with Crippen molar-refractivity contribution in [1.29, 1.82) is 0 Å². The van der Waals surface area contributed by atoms with Crippen LogP contribution in [-0.4, -0.2) is 58.0 Å². The number of non-ortho nitro benzene ring substituents is 1. The fourth-order valence-corrected chi connectivity index (χ4v) is 5.37. The van der Waals surface area contributed by atoms with E-state index < -0.39 is 16.1 Å². The SMILES string of the molecule is C=CCc1cc(/C=C2\SC(=O)N(CC(=O)N3CCCCC3)C2=O)cc(OCC)c1OCc1ccc([N+](=O)[O-])cc1. The molecule has 0 aliphatic carbocycles. The van der Waals surface area contributed by atoms with Crippen LogP contribution >= 0.6 is 11.8 Å². The second kappa shape index (κ2) is 13.3. The molecule has 2 aliphatic heterocycles. The van der Waals surface area contributed by atoms with Gasteiger partial charge in [0.05, 0.1) is 16.4 Å². The first-order valence-corrected chi connectivity index (χ1v) is 13.9. The lowest BCUT2D eigenvalue weighted by Gasteiger charge is -2.27. The van der Waals surface area contributed by atoms with Gasteiger partial charge >= 0.3 is 0 Å². The number of benzene rings is 2. The smallest absolute Gasteiger partial charge is 0.294 e. The summed E-state index contributed by atoms with van der Waals surface area (Å²) in [6.07, 6.45) is 6.71. The molecule has 3 amide bonds. The number of rotatable bonds is 11. The molecule has 0 aromatic heterocycles. The maximum absolute atomic E-state index is 13.1. The lowest BCUT2D eigenvalue weighted by molar-refractivity contribution is -0.384. The third kappa shape index (κ3) is 6.90. The average molecular weight is 566 g/mol. The van der Waals surface area contributed by atoms with E-state index in [1.54, 1.807) is 35.3 Å². The summed E-state index contributed by atoms with van der Waals surface area (Å²) in [4.78, 5) is 51.8. The third-order valence-electron chi connectivity index (χ3n) is 6.52. The Balaban J connectivity index is 1.55. The van der Waals surface area contributed by atoms with Crippen LogP contribution in [0.15, 0.2) is 54.0 Å². The van der Waals surface area contributed by atoms with E-state index in [2.05, 4.69) is 6.58 Å². The quantitative estimate of drug-likeness (QED) is 0.155. The summed E-state index contributed by atoms with van der Waals surface area (Å²) in [6.45, 7) is 7.22. The lowest BCUT2D eigenvalue weighted by Crippen LogP contribution is -2.44. The second-order valence-corrected chi connectivity index (χ2v) is 10.3. The molecule has 2 aromatic carbocycles. The number of hydrogen-bond acceptors (Lipinski definition) is 8. The highest BCUT2D eigenvalue weighted by Gasteiger charge is 2.37. The third-order valence-corrected chi connectivity index (χ3v) is 7.43. The number of piperidine rings is 1. The van der Waals surface area contributed by atoms with Crippen LogP contribution < -0.4 is 9.47 Å². The highest BCUT2D eigenvalue weighted by Crippen LogP contribution is 2.38. The van der Waals surface area contributed by atoms with E-state index in [0.717, 1.165) is 47.1 Å². The molecule has 40 heavy (non-hydrogen) atoms. The van der Waals surface area contributed by atoms with E-state index in [1.807, 2.05) is 13.0 Å². The van der Waals surface area contributed by atoms with Crippen molar-refractivity contribution in [3.63, 3.8) is 0 Å².